The van der Waals surface area contributed by atoms with Gasteiger partial charge in [0, 0.05) is 0 Å². The van der Waals surface area contributed by atoms with Crippen molar-refractivity contribution >= 4 is 5.95 Å². The molecule has 1 rings (SSSR count). The van der Waals surface area contributed by atoms with Gasteiger partial charge in [0.05, 0.1) is 11.8 Å². The fourth-order valence-electron chi connectivity index (χ4n) is 0.924. The molecule has 1 heterocycles. The second kappa shape index (κ2) is 2.91. The van der Waals surface area contributed by atoms with Gasteiger partial charge >= 0.3 is 6.18 Å². The van der Waals surface area contributed by atoms with Crippen LogP contribution < -0.4 is 5.73 Å². The molecule has 0 saturated heterocycles. The number of alkyl halides is 3. The summed E-state index contributed by atoms with van der Waals surface area (Å²) < 4.78 is 36.5. The molecule has 74 valence electrons. The van der Waals surface area contributed by atoms with Crippen LogP contribution in [0, 0.1) is 0 Å². The fraction of sp³-hybridized carbons (Fsp3) is 0.500. The summed E-state index contributed by atoms with van der Waals surface area (Å²) in [5, 5.41) is 8.95. The molecule has 1 aromatic heterocycles. The first-order chi connectivity index (χ1) is 5.82. The second-order valence-electron chi connectivity index (χ2n) is 2.56. The summed E-state index contributed by atoms with van der Waals surface area (Å²) in [6.07, 6.45) is -5.87. The lowest BCUT2D eigenvalue weighted by Gasteiger charge is -2.07. The number of aliphatic hydroxyl groups excluding tert-OH is 1. The van der Waals surface area contributed by atoms with Crippen LogP contribution in [0.3, 0.4) is 0 Å². The van der Waals surface area contributed by atoms with Crippen LogP contribution in [0.5, 0.6) is 0 Å². The number of imidazole rings is 1. The number of hydrogen-bond acceptors (Lipinski definition) is 3. The Morgan fingerprint density at radius 3 is 2.38 bits per heavy atom. The van der Waals surface area contributed by atoms with Crippen LogP contribution in [0.15, 0.2) is 0 Å². The van der Waals surface area contributed by atoms with Gasteiger partial charge in [0.2, 0.25) is 0 Å². The molecule has 0 fully saturated rings. The maximum Gasteiger partial charge on any atom is 0.435 e. The predicted octanol–water partition coefficient (Wildman–Crippen LogP) is 1.06. The largest absolute Gasteiger partial charge is 0.435 e. The Kier molecular flexibility index (Phi) is 2.21. The smallest absolute Gasteiger partial charge is 0.387 e. The number of nitrogens with one attached hydrogen (secondary N) is 1. The molecule has 13 heavy (non-hydrogen) atoms. The van der Waals surface area contributed by atoms with Gasteiger partial charge in [-0.3, -0.25) is 0 Å². The van der Waals surface area contributed by atoms with Gasteiger partial charge in [-0.05, 0) is 6.92 Å². The summed E-state index contributed by atoms with van der Waals surface area (Å²) in [7, 11) is 0. The van der Waals surface area contributed by atoms with E-state index in [1.807, 2.05) is 0 Å². The van der Waals surface area contributed by atoms with E-state index in [4.69, 9.17) is 10.8 Å². The Morgan fingerprint density at radius 2 is 2.08 bits per heavy atom. The molecule has 0 spiro atoms. The van der Waals surface area contributed by atoms with Gasteiger partial charge in [-0.25, -0.2) is 4.98 Å². The number of nitrogens with two attached hydrogens (primary N) is 1. The summed E-state index contributed by atoms with van der Waals surface area (Å²) in [6, 6.07) is 0. The topological polar surface area (TPSA) is 74.9 Å². The van der Waals surface area contributed by atoms with E-state index >= 15 is 0 Å². The first-order valence-electron chi connectivity index (χ1n) is 3.43. The second-order valence-corrected chi connectivity index (χ2v) is 2.56. The number of halogens is 3. The van der Waals surface area contributed by atoms with Gasteiger partial charge in [-0.15, -0.1) is 0 Å². The normalized spacial score (nSPS) is 14.5. The molecule has 0 aliphatic heterocycles. The number of aliphatic hydroxyl groups is 1. The van der Waals surface area contributed by atoms with Crippen LogP contribution in [0.25, 0.3) is 0 Å². The minimum atomic E-state index is -4.60. The Labute approximate surface area is 71.6 Å². The molecule has 0 aliphatic rings. The van der Waals surface area contributed by atoms with Crippen LogP contribution in [0.2, 0.25) is 0 Å². The molecule has 0 bridgehead atoms. The summed E-state index contributed by atoms with van der Waals surface area (Å²) in [6.45, 7) is 1.20. The number of aromatic amines is 1. The van der Waals surface area contributed by atoms with Crippen molar-refractivity contribution in [2.45, 2.75) is 19.2 Å². The first-order valence-corrected chi connectivity index (χ1v) is 3.43. The molecule has 1 atom stereocenters. The van der Waals surface area contributed by atoms with E-state index < -0.39 is 23.7 Å². The van der Waals surface area contributed by atoms with Crippen molar-refractivity contribution in [1.29, 1.82) is 0 Å². The molecule has 0 radical (unpaired) electrons. The average Bonchev–Trinajstić information content (AvgIpc) is 2.29. The molecule has 4 nitrogen and oxygen atoms in total. The van der Waals surface area contributed by atoms with Crippen molar-refractivity contribution in [2.24, 2.45) is 0 Å². The lowest BCUT2D eigenvalue weighted by atomic mass is 10.2. The number of anilines is 1. The van der Waals surface area contributed by atoms with Crippen molar-refractivity contribution in [3.63, 3.8) is 0 Å². The molecule has 0 amide bonds. The summed E-state index contributed by atoms with van der Waals surface area (Å²) in [4.78, 5) is 5.19. The monoisotopic (exact) mass is 195 g/mol. The van der Waals surface area contributed by atoms with Gasteiger partial charge in [0.25, 0.3) is 0 Å². The Morgan fingerprint density at radius 1 is 1.54 bits per heavy atom. The Bertz CT molecular complexity index is 305. The molecule has 4 N–H and O–H groups in total. The van der Waals surface area contributed by atoms with Crippen molar-refractivity contribution in [3.8, 4) is 0 Å². The molecule has 7 heteroatoms. The molecule has 0 aliphatic carbocycles. The quantitative estimate of drug-likeness (QED) is 0.627. The Balaban J connectivity index is 3.20. The SMILES string of the molecule is C[C@@H](O)c1[nH]c(N)nc1C(F)(F)F. The third-order valence-corrected chi connectivity index (χ3v) is 1.44. The van der Waals surface area contributed by atoms with Crippen LogP contribution in [-0.2, 0) is 6.18 Å². The van der Waals surface area contributed by atoms with Crippen molar-refractivity contribution < 1.29 is 18.3 Å². The molecule has 0 aromatic carbocycles. The van der Waals surface area contributed by atoms with Gasteiger partial charge < -0.3 is 15.8 Å². The lowest BCUT2D eigenvalue weighted by Crippen LogP contribution is -2.10. The van der Waals surface area contributed by atoms with E-state index in [1.54, 1.807) is 0 Å². The van der Waals surface area contributed by atoms with E-state index in [0.717, 1.165) is 0 Å². The number of nitrogens with zero attached hydrogens (tertiary/aromatic N) is 1. The van der Waals surface area contributed by atoms with Gasteiger partial charge in [-0.2, -0.15) is 13.2 Å². The minimum absolute atomic E-state index is 0.358. The first kappa shape index (κ1) is 9.85. The number of hydrogen-bond donors (Lipinski definition) is 3. The number of H-pyrrole nitrogens is 1. The Hall–Kier alpha value is -1.24. The summed E-state index contributed by atoms with van der Waals surface area (Å²) >= 11 is 0. The average molecular weight is 195 g/mol. The number of nitrogen functional groups attached to an aromatic ring is 1. The van der Waals surface area contributed by atoms with Crippen molar-refractivity contribution in [3.05, 3.63) is 11.4 Å². The molecular formula is C6H8F3N3O. The maximum absolute atomic E-state index is 12.2. The lowest BCUT2D eigenvalue weighted by molar-refractivity contribution is -0.142. The molecular weight excluding hydrogens is 187 g/mol. The molecule has 1 aromatic rings. The van der Waals surface area contributed by atoms with Crippen molar-refractivity contribution in [1.82, 2.24) is 9.97 Å². The highest BCUT2D eigenvalue weighted by Gasteiger charge is 2.38. The summed E-state index contributed by atoms with van der Waals surface area (Å²) in [5.41, 5.74) is 3.46. The molecule has 0 unspecified atom stereocenters. The zero-order valence-corrected chi connectivity index (χ0v) is 6.68. The maximum atomic E-state index is 12.2. The van der Waals surface area contributed by atoms with Crippen LogP contribution >= 0.6 is 0 Å². The predicted molar refractivity (Wildman–Crippen MR) is 38.6 cm³/mol. The fourth-order valence-corrected chi connectivity index (χ4v) is 0.924. The number of rotatable bonds is 1. The van der Waals surface area contributed by atoms with Gasteiger partial charge in [-0.1, -0.05) is 0 Å². The van der Waals surface area contributed by atoms with E-state index in [2.05, 4.69) is 9.97 Å². The molecule has 0 saturated carbocycles. The van der Waals surface area contributed by atoms with Gasteiger partial charge in [0.15, 0.2) is 11.6 Å². The third-order valence-electron chi connectivity index (χ3n) is 1.44. The van der Waals surface area contributed by atoms with E-state index in [0.29, 0.717) is 0 Å². The van der Waals surface area contributed by atoms with Crippen molar-refractivity contribution in [2.75, 3.05) is 5.73 Å². The van der Waals surface area contributed by atoms with Crippen LogP contribution in [0.4, 0.5) is 19.1 Å². The zero-order chi connectivity index (χ0) is 10.2. The van der Waals surface area contributed by atoms with E-state index in [1.165, 1.54) is 6.92 Å². The highest BCUT2D eigenvalue weighted by Crippen LogP contribution is 2.33. The third kappa shape index (κ3) is 1.92. The number of aromatic nitrogens is 2. The standard InChI is InChI=1S/C6H8F3N3O/c1-2(13)3-4(6(7,8)9)12-5(10)11-3/h2,13H,1H3,(H3,10,11,12)/t2-/m1/s1. The highest BCUT2D eigenvalue weighted by molar-refractivity contribution is 5.29. The zero-order valence-electron chi connectivity index (χ0n) is 6.68. The minimum Gasteiger partial charge on any atom is -0.387 e. The van der Waals surface area contributed by atoms with Gasteiger partial charge in [0.1, 0.15) is 0 Å². The van der Waals surface area contributed by atoms with Crippen LogP contribution in [-0.4, -0.2) is 15.1 Å². The van der Waals surface area contributed by atoms with Crippen LogP contribution in [0.1, 0.15) is 24.4 Å². The summed E-state index contributed by atoms with van der Waals surface area (Å²) in [5.74, 6) is -0.358. The van der Waals surface area contributed by atoms with E-state index in [-0.39, 0.29) is 5.95 Å². The van der Waals surface area contributed by atoms with E-state index in [9.17, 15) is 13.2 Å². The highest BCUT2D eigenvalue weighted by atomic mass is 19.4.